The highest BCUT2D eigenvalue weighted by Crippen LogP contribution is 2.30. The van der Waals surface area contributed by atoms with Gasteiger partial charge in [0.15, 0.2) is 0 Å². The molecule has 0 saturated carbocycles. The average molecular weight is 290 g/mol. The summed E-state index contributed by atoms with van der Waals surface area (Å²) in [4.78, 5) is 13.9. The topological polar surface area (TPSA) is 55.6 Å². The van der Waals surface area contributed by atoms with Crippen LogP contribution in [0.15, 0.2) is 24.3 Å². The summed E-state index contributed by atoms with van der Waals surface area (Å²) in [7, 11) is 0. The summed E-state index contributed by atoms with van der Waals surface area (Å²) in [6.07, 6.45) is 0.691. The minimum atomic E-state index is -0.451. The summed E-state index contributed by atoms with van der Waals surface area (Å²) in [6.45, 7) is 9.13. The van der Waals surface area contributed by atoms with Gasteiger partial charge in [0.05, 0.1) is 0 Å². The van der Waals surface area contributed by atoms with Gasteiger partial charge in [-0.05, 0) is 51.2 Å². The molecule has 0 aromatic heterocycles. The Morgan fingerprint density at radius 3 is 2.67 bits per heavy atom. The van der Waals surface area contributed by atoms with Crippen LogP contribution in [0.3, 0.4) is 0 Å². The van der Waals surface area contributed by atoms with E-state index in [0.29, 0.717) is 12.5 Å². The van der Waals surface area contributed by atoms with Gasteiger partial charge in [-0.15, -0.1) is 0 Å². The number of carbonyl (C=O) groups is 1. The monoisotopic (exact) mass is 290 g/mol. The molecule has 2 unspecified atom stereocenters. The fourth-order valence-corrected chi connectivity index (χ4v) is 2.79. The summed E-state index contributed by atoms with van der Waals surface area (Å²) >= 11 is 0. The van der Waals surface area contributed by atoms with Crippen molar-refractivity contribution < 1.29 is 9.53 Å². The molecule has 0 aliphatic carbocycles. The molecule has 21 heavy (non-hydrogen) atoms. The third-order valence-corrected chi connectivity index (χ3v) is 3.93. The normalized spacial score (nSPS) is 20.4. The van der Waals surface area contributed by atoms with E-state index in [0.717, 1.165) is 13.0 Å². The molecule has 1 aromatic rings. The summed E-state index contributed by atoms with van der Waals surface area (Å²) in [5.41, 5.74) is 8.34. The van der Waals surface area contributed by atoms with Crippen LogP contribution in [0.5, 0.6) is 0 Å². The molecule has 1 saturated heterocycles. The number of nitrogens with two attached hydrogens (primary N) is 1. The van der Waals surface area contributed by atoms with Crippen LogP contribution in [-0.2, 0) is 4.74 Å². The van der Waals surface area contributed by atoms with E-state index in [2.05, 4.69) is 19.1 Å². The average Bonchev–Trinajstić information content (AvgIpc) is 2.86. The molecular weight excluding hydrogens is 264 g/mol. The highest BCUT2D eigenvalue weighted by molar-refractivity contribution is 5.68. The highest BCUT2D eigenvalue weighted by Gasteiger charge is 2.33. The molecule has 1 fully saturated rings. The van der Waals surface area contributed by atoms with Gasteiger partial charge >= 0.3 is 6.09 Å². The Hall–Kier alpha value is -1.55. The highest BCUT2D eigenvalue weighted by atomic mass is 16.6. The summed E-state index contributed by atoms with van der Waals surface area (Å²) < 4.78 is 5.43. The molecule has 1 aliphatic rings. The Labute approximate surface area is 127 Å². The molecule has 0 radical (unpaired) electrons. The molecule has 0 spiro atoms. The van der Waals surface area contributed by atoms with Crippen molar-refractivity contribution in [1.82, 2.24) is 4.90 Å². The Morgan fingerprint density at radius 1 is 1.38 bits per heavy atom. The van der Waals surface area contributed by atoms with Gasteiger partial charge < -0.3 is 15.4 Å². The van der Waals surface area contributed by atoms with E-state index in [1.807, 2.05) is 32.9 Å². The van der Waals surface area contributed by atoms with Crippen LogP contribution < -0.4 is 5.73 Å². The number of rotatable bonds is 2. The third kappa shape index (κ3) is 3.97. The van der Waals surface area contributed by atoms with Gasteiger partial charge in [-0.25, -0.2) is 4.79 Å². The Kier molecular flexibility index (Phi) is 4.57. The number of hydrogen-bond donors (Lipinski definition) is 1. The van der Waals surface area contributed by atoms with Crippen molar-refractivity contribution >= 4 is 6.09 Å². The van der Waals surface area contributed by atoms with Crippen molar-refractivity contribution in [2.75, 3.05) is 13.1 Å². The van der Waals surface area contributed by atoms with Crippen LogP contribution in [0.1, 0.15) is 44.4 Å². The van der Waals surface area contributed by atoms with Crippen LogP contribution in [0.25, 0.3) is 0 Å². The first kappa shape index (κ1) is 15.8. The van der Waals surface area contributed by atoms with E-state index in [4.69, 9.17) is 10.5 Å². The Bertz CT molecular complexity index is 508. The lowest BCUT2D eigenvalue weighted by atomic mass is 9.90. The van der Waals surface area contributed by atoms with Gasteiger partial charge in [-0.3, -0.25) is 0 Å². The predicted octanol–water partition coefficient (Wildman–Crippen LogP) is 3.25. The van der Waals surface area contributed by atoms with Crippen LogP contribution in [0.4, 0.5) is 4.79 Å². The number of hydrogen-bond acceptors (Lipinski definition) is 3. The molecule has 4 heteroatoms. The SMILES string of the molecule is Cc1ccccc1C(N)C1CCN(C(=O)OC(C)(C)C)C1. The first-order valence-corrected chi connectivity index (χ1v) is 7.57. The molecule has 2 atom stereocenters. The smallest absolute Gasteiger partial charge is 0.410 e. The first-order valence-electron chi connectivity index (χ1n) is 7.57. The second kappa shape index (κ2) is 6.06. The second-order valence-electron chi connectivity index (χ2n) is 6.86. The second-order valence-corrected chi connectivity index (χ2v) is 6.86. The molecule has 4 nitrogen and oxygen atoms in total. The molecule has 1 aliphatic heterocycles. The van der Waals surface area contributed by atoms with E-state index in [9.17, 15) is 4.79 Å². The maximum absolute atomic E-state index is 12.1. The number of amides is 1. The van der Waals surface area contributed by atoms with Crippen molar-refractivity contribution in [3.05, 3.63) is 35.4 Å². The maximum atomic E-state index is 12.1. The number of likely N-dealkylation sites (tertiary alicyclic amines) is 1. The molecular formula is C17H26N2O2. The van der Waals surface area contributed by atoms with E-state index >= 15 is 0 Å². The minimum Gasteiger partial charge on any atom is -0.444 e. The molecule has 0 bridgehead atoms. The molecule has 1 aromatic carbocycles. The Morgan fingerprint density at radius 2 is 2.05 bits per heavy atom. The lowest BCUT2D eigenvalue weighted by Gasteiger charge is -2.25. The van der Waals surface area contributed by atoms with E-state index in [1.54, 1.807) is 4.90 Å². The lowest BCUT2D eigenvalue weighted by Crippen LogP contribution is -2.36. The summed E-state index contributed by atoms with van der Waals surface area (Å²) in [6, 6.07) is 8.17. The fourth-order valence-electron chi connectivity index (χ4n) is 2.79. The van der Waals surface area contributed by atoms with Gasteiger partial charge in [0.1, 0.15) is 5.60 Å². The molecule has 2 rings (SSSR count). The van der Waals surface area contributed by atoms with Gasteiger partial charge in [-0.2, -0.15) is 0 Å². The van der Waals surface area contributed by atoms with E-state index in [-0.39, 0.29) is 12.1 Å². The van der Waals surface area contributed by atoms with E-state index < -0.39 is 5.60 Å². The van der Waals surface area contributed by atoms with Crippen LogP contribution in [0, 0.1) is 12.8 Å². The van der Waals surface area contributed by atoms with Gasteiger partial charge in [0, 0.05) is 19.1 Å². The van der Waals surface area contributed by atoms with Crippen molar-refractivity contribution in [3.8, 4) is 0 Å². The molecule has 2 N–H and O–H groups in total. The lowest BCUT2D eigenvalue weighted by molar-refractivity contribution is 0.0286. The van der Waals surface area contributed by atoms with Gasteiger partial charge in [-0.1, -0.05) is 24.3 Å². The number of aryl methyl sites for hydroxylation is 1. The zero-order valence-electron chi connectivity index (χ0n) is 13.4. The molecule has 1 heterocycles. The minimum absolute atomic E-state index is 0.0290. The quantitative estimate of drug-likeness (QED) is 0.909. The van der Waals surface area contributed by atoms with E-state index in [1.165, 1.54) is 11.1 Å². The van der Waals surface area contributed by atoms with Crippen molar-refractivity contribution in [2.45, 2.75) is 45.8 Å². The molecule has 116 valence electrons. The van der Waals surface area contributed by atoms with Crippen molar-refractivity contribution in [3.63, 3.8) is 0 Å². The standard InChI is InChI=1S/C17H26N2O2/c1-12-7-5-6-8-14(12)15(18)13-9-10-19(11-13)16(20)21-17(2,3)4/h5-8,13,15H,9-11,18H2,1-4H3. The number of ether oxygens (including phenoxy) is 1. The summed E-state index contributed by atoms with van der Waals surface area (Å²) in [5, 5.41) is 0. The third-order valence-electron chi connectivity index (χ3n) is 3.93. The zero-order chi connectivity index (χ0) is 15.6. The van der Waals surface area contributed by atoms with Gasteiger partial charge in [0.2, 0.25) is 0 Å². The number of nitrogens with zero attached hydrogens (tertiary/aromatic N) is 1. The maximum Gasteiger partial charge on any atom is 0.410 e. The van der Waals surface area contributed by atoms with Crippen molar-refractivity contribution in [1.29, 1.82) is 0 Å². The number of carbonyl (C=O) groups excluding carboxylic acids is 1. The van der Waals surface area contributed by atoms with Gasteiger partial charge in [0.25, 0.3) is 0 Å². The van der Waals surface area contributed by atoms with Crippen LogP contribution in [0.2, 0.25) is 0 Å². The first-order chi connectivity index (χ1) is 9.78. The predicted molar refractivity (Wildman–Crippen MR) is 84.0 cm³/mol. The van der Waals surface area contributed by atoms with Crippen molar-refractivity contribution in [2.24, 2.45) is 11.7 Å². The Balaban J connectivity index is 1.99. The molecule has 1 amide bonds. The van der Waals surface area contributed by atoms with Crippen LogP contribution in [-0.4, -0.2) is 29.7 Å². The van der Waals surface area contributed by atoms with Crippen LogP contribution >= 0.6 is 0 Å². The largest absolute Gasteiger partial charge is 0.444 e. The number of benzene rings is 1. The zero-order valence-corrected chi connectivity index (χ0v) is 13.4. The fraction of sp³-hybridized carbons (Fsp3) is 0.588. The summed E-state index contributed by atoms with van der Waals surface area (Å²) in [5.74, 6) is 0.290.